The van der Waals surface area contributed by atoms with E-state index in [1.807, 2.05) is 0 Å². The number of hydrogen-bond acceptors (Lipinski definition) is 4. The molecular weight excluding hydrogens is 255 g/mol. The smallest absolute Gasteiger partial charge is 0.419 e. The SMILES string of the molecule is CCCC[C@@](O)([C@@H](NC=O)C(=O)OC)C(F)(F)F. The first-order chi connectivity index (χ1) is 8.24. The van der Waals surface area contributed by atoms with Gasteiger partial charge in [0.2, 0.25) is 6.41 Å². The highest BCUT2D eigenvalue weighted by molar-refractivity contribution is 5.79. The highest BCUT2D eigenvalue weighted by Gasteiger charge is 2.60. The maximum atomic E-state index is 12.9. The molecule has 106 valence electrons. The Hall–Kier alpha value is -1.31. The number of nitrogens with one attached hydrogen (secondary N) is 1. The van der Waals surface area contributed by atoms with Gasteiger partial charge in [0.05, 0.1) is 7.11 Å². The Balaban J connectivity index is 5.34. The number of hydrogen-bond donors (Lipinski definition) is 2. The standard InChI is InChI=1S/C10H16F3NO4/c1-3-4-5-9(17,10(11,12)13)7(14-6-15)8(16)18-2/h6-7,17H,3-5H2,1-2H3,(H,14,15)/t7-,9+/m0/s1. The van der Waals surface area contributed by atoms with Gasteiger partial charge < -0.3 is 15.2 Å². The second-order valence-corrected chi connectivity index (χ2v) is 3.77. The van der Waals surface area contributed by atoms with Gasteiger partial charge in [0.15, 0.2) is 11.6 Å². The molecule has 0 aromatic carbocycles. The molecule has 0 aromatic rings. The number of aliphatic hydroxyl groups is 1. The Morgan fingerprint density at radius 2 is 2.06 bits per heavy atom. The predicted octanol–water partition coefficient (Wildman–Crippen LogP) is 0.758. The van der Waals surface area contributed by atoms with E-state index in [1.54, 1.807) is 12.2 Å². The molecule has 0 aromatic heterocycles. The second-order valence-electron chi connectivity index (χ2n) is 3.77. The van der Waals surface area contributed by atoms with Gasteiger partial charge in [-0.1, -0.05) is 19.8 Å². The number of rotatable bonds is 7. The first kappa shape index (κ1) is 16.7. The molecule has 0 radical (unpaired) electrons. The van der Waals surface area contributed by atoms with Gasteiger partial charge in [-0.2, -0.15) is 13.2 Å². The molecule has 2 N–H and O–H groups in total. The molecule has 0 spiro atoms. The number of esters is 1. The summed E-state index contributed by atoms with van der Waals surface area (Å²) in [6.45, 7) is 1.64. The van der Waals surface area contributed by atoms with Gasteiger partial charge >= 0.3 is 12.1 Å². The van der Waals surface area contributed by atoms with Gasteiger partial charge in [-0.25, -0.2) is 4.79 Å². The van der Waals surface area contributed by atoms with Crippen LogP contribution in [0.4, 0.5) is 13.2 Å². The number of unbranched alkanes of at least 4 members (excludes halogenated alkanes) is 1. The van der Waals surface area contributed by atoms with Crippen LogP contribution in [0, 0.1) is 0 Å². The largest absolute Gasteiger partial charge is 0.467 e. The summed E-state index contributed by atoms with van der Waals surface area (Å²) in [6.07, 6.45) is -5.40. The van der Waals surface area contributed by atoms with Crippen molar-refractivity contribution in [1.29, 1.82) is 0 Å². The molecule has 0 bridgehead atoms. The van der Waals surface area contributed by atoms with Crippen molar-refractivity contribution in [2.24, 2.45) is 0 Å². The number of methoxy groups -OCH3 is 1. The summed E-state index contributed by atoms with van der Waals surface area (Å²) in [5.74, 6) is -1.35. The molecule has 1 amide bonds. The summed E-state index contributed by atoms with van der Waals surface area (Å²) in [4.78, 5) is 21.5. The minimum Gasteiger partial charge on any atom is -0.467 e. The highest BCUT2D eigenvalue weighted by Crippen LogP contribution is 2.37. The van der Waals surface area contributed by atoms with Gasteiger partial charge in [-0.15, -0.1) is 0 Å². The monoisotopic (exact) mass is 271 g/mol. The molecule has 8 heteroatoms. The first-order valence-electron chi connectivity index (χ1n) is 5.31. The first-order valence-corrected chi connectivity index (χ1v) is 5.31. The minimum atomic E-state index is -5.06. The van der Waals surface area contributed by atoms with E-state index in [0.717, 1.165) is 7.11 Å². The number of alkyl halides is 3. The Morgan fingerprint density at radius 1 is 1.50 bits per heavy atom. The lowest BCUT2D eigenvalue weighted by molar-refractivity contribution is -0.272. The normalized spacial score (nSPS) is 16.6. The van der Waals surface area contributed by atoms with Gasteiger partial charge in [-0.05, 0) is 6.42 Å². The fourth-order valence-electron chi connectivity index (χ4n) is 1.48. The summed E-state index contributed by atoms with van der Waals surface area (Å²) in [7, 11) is 0.873. The fraction of sp³-hybridized carbons (Fsp3) is 0.800. The van der Waals surface area contributed by atoms with E-state index in [4.69, 9.17) is 0 Å². The van der Waals surface area contributed by atoms with Crippen molar-refractivity contribution in [3.8, 4) is 0 Å². The van der Waals surface area contributed by atoms with Crippen LogP contribution < -0.4 is 5.32 Å². The molecule has 0 rings (SSSR count). The maximum Gasteiger partial charge on any atom is 0.419 e. The van der Waals surface area contributed by atoms with Crippen molar-refractivity contribution >= 4 is 12.4 Å². The van der Waals surface area contributed by atoms with Crippen LogP contribution in [0.5, 0.6) is 0 Å². The molecule has 0 saturated carbocycles. The van der Waals surface area contributed by atoms with Crippen molar-refractivity contribution in [3.63, 3.8) is 0 Å². The van der Waals surface area contributed by atoms with Gasteiger partial charge in [0.1, 0.15) is 0 Å². The van der Waals surface area contributed by atoms with Crippen LogP contribution in [-0.2, 0) is 14.3 Å². The van der Waals surface area contributed by atoms with E-state index in [0.29, 0.717) is 6.42 Å². The summed E-state index contributed by atoms with van der Waals surface area (Å²) >= 11 is 0. The molecule has 0 aliphatic carbocycles. The molecule has 0 aliphatic heterocycles. The number of carbonyl (C=O) groups excluding carboxylic acids is 2. The third-order valence-electron chi connectivity index (χ3n) is 2.55. The number of ether oxygens (including phenoxy) is 1. The van der Waals surface area contributed by atoms with Crippen molar-refractivity contribution in [2.75, 3.05) is 7.11 Å². The van der Waals surface area contributed by atoms with E-state index in [1.165, 1.54) is 0 Å². The third kappa shape index (κ3) is 3.59. The van der Waals surface area contributed by atoms with Crippen LogP contribution in [0.25, 0.3) is 0 Å². The minimum absolute atomic E-state index is 0.0457. The lowest BCUT2D eigenvalue weighted by Gasteiger charge is -2.35. The fourth-order valence-corrected chi connectivity index (χ4v) is 1.48. The summed E-state index contributed by atoms with van der Waals surface area (Å²) < 4.78 is 42.8. The molecule has 0 fully saturated rings. The van der Waals surface area contributed by atoms with E-state index >= 15 is 0 Å². The summed E-state index contributed by atoms with van der Waals surface area (Å²) in [5.41, 5.74) is -3.34. The molecule has 0 unspecified atom stereocenters. The van der Waals surface area contributed by atoms with E-state index in [9.17, 15) is 27.9 Å². The highest BCUT2D eigenvalue weighted by atomic mass is 19.4. The molecule has 0 heterocycles. The van der Waals surface area contributed by atoms with Crippen LogP contribution in [0.15, 0.2) is 0 Å². The van der Waals surface area contributed by atoms with Crippen molar-refractivity contribution in [1.82, 2.24) is 5.32 Å². The zero-order valence-electron chi connectivity index (χ0n) is 10.1. The zero-order valence-corrected chi connectivity index (χ0v) is 10.1. The quantitative estimate of drug-likeness (QED) is 0.529. The predicted molar refractivity (Wildman–Crippen MR) is 55.5 cm³/mol. The van der Waals surface area contributed by atoms with Crippen LogP contribution in [0.2, 0.25) is 0 Å². The Morgan fingerprint density at radius 3 is 2.39 bits per heavy atom. The summed E-state index contributed by atoms with van der Waals surface area (Å²) in [5, 5.41) is 11.4. The number of carbonyl (C=O) groups is 2. The molecule has 0 saturated heterocycles. The molecule has 18 heavy (non-hydrogen) atoms. The molecule has 0 aliphatic rings. The Bertz CT molecular complexity index is 295. The van der Waals surface area contributed by atoms with Crippen molar-refractivity contribution in [2.45, 2.75) is 44.0 Å². The van der Waals surface area contributed by atoms with Crippen LogP contribution in [0.1, 0.15) is 26.2 Å². The van der Waals surface area contributed by atoms with E-state index < -0.39 is 30.2 Å². The van der Waals surface area contributed by atoms with Crippen LogP contribution in [-0.4, -0.2) is 42.4 Å². The van der Waals surface area contributed by atoms with Crippen molar-refractivity contribution in [3.05, 3.63) is 0 Å². The lowest BCUT2D eigenvalue weighted by Crippen LogP contribution is -2.63. The zero-order chi connectivity index (χ0) is 14.4. The summed E-state index contributed by atoms with van der Waals surface area (Å²) in [6, 6.07) is -2.17. The molecule has 5 nitrogen and oxygen atoms in total. The lowest BCUT2D eigenvalue weighted by atomic mass is 9.87. The maximum absolute atomic E-state index is 12.9. The average Bonchev–Trinajstić information content (AvgIpc) is 2.30. The topological polar surface area (TPSA) is 75.6 Å². The van der Waals surface area contributed by atoms with Gasteiger partial charge in [0, 0.05) is 0 Å². The van der Waals surface area contributed by atoms with Gasteiger partial charge in [-0.3, -0.25) is 4.79 Å². The van der Waals surface area contributed by atoms with Crippen molar-refractivity contribution < 1.29 is 32.6 Å². The third-order valence-corrected chi connectivity index (χ3v) is 2.55. The Labute approximate surface area is 102 Å². The second kappa shape index (κ2) is 6.58. The van der Waals surface area contributed by atoms with Crippen LogP contribution >= 0.6 is 0 Å². The number of amides is 1. The van der Waals surface area contributed by atoms with Gasteiger partial charge in [0.25, 0.3) is 0 Å². The molecule has 2 atom stereocenters. The molecular formula is C10H16F3NO4. The Kier molecular flexibility index (Phi) is 6.10. The van der Waals surface area contributed by atoms with E-state index in [2.05, 4.69) is 4.74 Å². The van der Waals surface area contributed by atoms with E-state index in [-0.39, 0.29) is 12.8 Å². The number of halogens is 3. The average molecular weight is 271 g/mol. The van der Waals surface area contributed by atoms with Crippen LogP contribution in [0.3, 0.4) is 0 Å².